The van der Waals surface area contributed by atoms with Crippen LogP contribution in [0, 0.1) is 28.1 Å². The average molecular weight is 689 g/mol. The molecule has 5 N–H and O–H groups in total. The van der Waals surface area contributed by atoms with E-state index < -0.39 is 64.7 Å². The van der Waals surface area contributed by atoms with Crippen molar-refractivity contribution in [3.8, 4) is 0 Å². The number of likely N-dealkylation sites (tertiary alicyclic amines) is 1. The van der Waals surface area contributed by atoms with Crippen molar-refractivity contribution in [1.82, 2.24) is 31.5 Å². The number of nitrogens with one attached hydrogen (secondary N) is 5. The molecule has 4 fully saturated rings. The molecule has 1 heterocycles. The molecule has 1 aliphatic heterocycles. The molecule has 0 aromatic heterocycles. The fourth-order valence-corrected chi connectivity index (χ4v) is 7.81. The maximum absolute atomic E-state index is 14.7. The summed E-state index contributed by atoms with van der Waals surface area (Å²) in [6, 6.07) is -3.82. The van der Waals surface area contributed by atoms with Gasteiger partial charge in [-0.25, -0.2) is 9.59 Å². The standard InChI is InChI=1S/C36H60N6O7/c1-9-14-23(27(43)30(45)38-21-15-16-21)39-29(44)26-25-22(35(25,6)7)19-42(26)31(46)28(36(8)17-12-11-13-18-36)41-32(47)40-24(34(3,4)5)20-49-33(48)37-10-2/h21-26,28H,9-20H2,1-8H3,(H,37,48)(H,38,45)(H,39,44)(H2,40,41,47)/t22?,23?,24-,25+,26?,28-/m1/s1. The zero-order chi connectivity index (χ0) is 36.3. The third kappa shape index (κ3) is 9.05. The second-order valence-electron chi connectivity index (χ2n) is 16.7. The number of hydrogen-bond acceptors (Lipinski definition) is 7. The first-order chi connectivity index (χ1) is 22.9. The number of piperidine rings is 1. The fourth-order valence-electron chi connectivity index (χ4n) is 7.81. The zero-order valence-corrected chi connectivity index (χ0v) is 30.8. The van der Waals surface area contributed by atoms with E-state index in [1.165, 1.54) is 0 Å². The molecule has 6 atom stereocenters. The lowest BCUT2D eigenvalue weighted by atomic mass is 9.70. The smallest absolute Gasteiger partial charge is 0.407 e. The Labute approximate surface area is 291 Å². The highest BCUT2D eigenvalue weighted by Crippen LogP contribution is 2.65. The van der Waals surface area contributed by atoms with Crippen molar-refractivity contribution in [1.29, 1.82) is 0 Å². The second kappa shape index (κ2) is 15.2. The first-order valence-corrected chi connectivity index (χ1v) is 18.4. The normalized spacial score (nSPS) is 25.5. The molecule has 0 spiro atoms. The van der Waals surface area contributed by atoms with Crippen LogP contribution in [0.4, 0.5) is 9.59 Å². The second-order valence-corrected chi connectivity index (χ2v) is 16.7. The Bertz CT molecular complexity index is 1270. The third-order valence-electron chi connectivity index (χ3n) is 11.4. The summed E-state index contributed by atoms with van der Waals surface area (Å²) in [4.78, 5) is 82.0. The van der Waals surface area contributed by atoms with Gasteiger partial charge in [0.25, 0.3) is 5.91 Å². The summed E-state index contributed by atoms with van der Waals surface area (Å²) in [7, 11) is 0. The van der Waals surface area contributed by atoms with Crippen LogP contribution < -0.4 is 26.6 Å². The lowest BCUT2D eigenvalue weighted by Gasteiger charge is -2.43. The number of ketones is 1. The van der Waals surface area contributed by atoms with E-state index in [0.29, 0.717) is 25.9 Å². The molecule has 13 nitrogen and oxygen atoms in total. The summed E-state index contributed by atoms with van der Waals surface area (Å²) in [5, 5.41) is 14.1. The molecule has 4 aliphatic rings. The highest BCUT2D eigenvalue weighted by atomic mass is 16.5. The SMILES string of the molecule is CCCC(NC(=O)C1[C@@H]2C(CN1C(=O)[C@@H](NC(=O)N[C@H](COC(=O)NCC)C(C)(C)C)C1(C)CCCCC1)C2(C)C)C(=O)C(=O)NC1CC1. The zero-order valence-electron chi connectivity index (χ0n) is 30.8. The van der Waals surface area contributed by atoms with Crippen LogP contribution >= 0.6 is 0 Å². The number of hydrogen-bond donors (Lipinski definition) is 5. The summed E-state index contributed by atoms with van der Waals surface area (Å²) in [5.41, 5.74) is -1.19. The monoisotopic (exact) mass is 688 g/mol. The molecule has 0 radical (unpaired) electrons. The summed E-state index contributed by atoms with van der Waals surface area (Å²) in [6.45, 7) is 16.4. The molecule has 0 aromatic rings. The van der Waals surface area contributed by atoms with Crippen LogP contribution in [-0.4, -0.2) is 90.4 Å². The van der Waals surface area contributed by atoms with Gasteiger partial charge in [-0.05, 0) is 67.1 Å². The molecule has 4 rings (SSSR count). The Morgan fingerprint density at radius 2 is 1.57 bits per heavy atom. The number of amides is 6. The van der Waals surface area contributed by atoms with Gasteiger partial charge in [0.15, 0.2) is 0 Å². The molecule has 3 saturated carbocycles. The molecule has 3 aliphatic carbocycles. The number of urea groups is 1. The van der Waals surface area contributed by atoms with Crippen LogP contribution in [0.25, 0.3) is 0 Å². The molecule has 3 unspecified atom stereocenters. The van der Waals surface area contributed by atoms with E-state index in [9.17, 15) is 28.8 Å². The van der Waals surface area contributed by atoms with Crippen molar-refractivity contribution in [2.45, 2.75) is 143 Å². The maximum atomic E-state index is 14.7. The Hall–Kier alpha value is -3.38. The van der Waals surface area contributed by atoms with Gasteiger partial charge in [-0.1, -0.05) is 74.1 Å². The number of ether oxygens (including phenoxy) is 1. The molecule has 0 bridgehead atoms. The van der Waals surface area contributed by atoms with Gasteiger partial charge >= 0.3 is 12.1 Å². The van der Waals surface area contributed by atoms with Gasteiger partial charge in [0.1, 0.15) is 18.7 Å². The predicted molar refractivity (Wildman–Crippen MR) is 184 cm³/mol. The van der Waals surface area contributed by atoms with E-state index in [1.807, 2.05) is 34.6 Å². The largest absolute Gasteiger partial charge is 0.447 e. The Morgan fingerprint density at radius 1 is 0.918 bits per heavy atom. The number of rotatable bonds is 14. The minimum atomic E-state index is -0.986. The van der Waals surface area contributed by atoms with Crippen LogP contribution in [-0.2, 0) is 23.9 Å². The lowest BCUT2D eigenvalue weighted by molar-refractivity contribution is -0.146. The average Bonchev–Trinajstić information content (AvgIpc) is 3.88. The van der Waals surface area contributed by atoms with Crippen LogP contribution in [0.3, 0.4) is 0 Å². The maximum Gasteiger partial charge on any atom is 0.407 e. The van der Waals surface area contributed by atoms with Crippen LogP contribution in [0.5, 0.6) is 0 Å². The Balaban J connectivity index is 1.55. The molecule has 6 amide bonds. The molecular formula is C36H60N6O7. The van der Waals surface area contributed by atoms with Gasteiger partial charge in [-0.3, -0.25) is 19.2 Å². The molecule has 13 heteroatoms. The van der Waals surface area contributed by atoms with E-state index in [1.54, 1.807) is 11.8 Å². The van der Waals surface area contributed by atoms with Gasteiger partial charge in [0.05, 0.1) is 12.1 Å². The predicted octanol–water partition coefficient (Wildman–Crippen LogP) is 3.40. The first-order valence-electron chi connectivity index (χ1n) is 18.4. The number of fused-ring (bicyclic) bond motifs is 1. The van der Waals surface area contributed by atoms with Crippen molar-refractivity contribution >= 4 is 35.6 Å². The van der Waals surface area contributed by atoms with Crippen molar-refractivity contribution in [3.05, 3.63) is 0 Å². The van der Waals surface area contributed by atoms with Crippen LogP contribution in [0.2, 0.25) is 0 Å². The summed E-state index contributed by atoms with van der Waals surface area (Å²) >= 11 is 0. The topological polar surface area (TPSA) is 175 Å². The number of Topliss-reactive ketones (excluding diaryl/α,β-unsaturated/α-hetero) is 1. The van der Waals surface area contributed by atoms with Crippen molar-refractivity contribution in [2.75, 3.05) is 19.7 Å². The summed E-state index contributed by atoms with van der Waals surface area (Å²) in [5.74, 6) is -2.13. The van der Waals surface area contributed by atoms with Crippen LogP contribution in [0.1, 0.15) is 113 Å². The minimum Gasteiger partial charge on any atom is -0.447 e. The molecule has 49 heavy (non-hydrogen) atoms. The molecule has 0 aromatic carbocycles. The van der Waals surface area contributed by atoms with Gasteiger partial charge in [0.2, 0.25) is 17.6 Å². The van der Waals surface area contributed by atoms with Crippen LogP contribution in [0.15, 0.2) is 0 Å². The molecule has 1 saturated heterocycles. The van der Waals surface area contributed by atoms with E-state index in [0.717, 1.165) is 44.9 Å². The van der Waals surface area contributed by atoms with Gasteiger partial charge in [-0.2, -0.15) is 0 Å². The fraction of sp³-hybridized carbons (Fsp3) is 0.833. The van der Waals surface area contributed by atoms with Crippen molar-refractivity contribution in [3.63, 3.8) is 0 Å². The number of carbonyl (C=O) groups excluding carboxylic acids is 6. The van der Waals surface area contributed by atoms with E-state index in [2.05, 4.69) is 40.4 Å². The first kappa shape index (κ1) is 38.4. The third-order valence-corrected chi connectivity index (χ3v) is 11.4. The van der Waals surface area contributed by atoms with Gasteiger partial charge in [-0.15, -0.1) is 0 Å². The number of nitrogens with zero attached hydrogens (tertiary/aromatic N) is 1. The molecular weight excluding hydrogens is 628 g/mol. The summed E-state index contributed by atoms with van der Waals surface area (Å²) < 4.78 is 5.36. The van der Waals surface area contributed by atoms with E-state index in [-0.39, 0.29) is 35.8 Å². The minimum absolute atomic E-state index is 0.0138. The van der Waals surface area contributed by atoms with Crippen molar-refractivity contribution in [2.24, 2.45) is 28.1 Å². The lowest BCUT2D eigenvalue weighted by Crippen LogP contribution is -2.63. The van der Waals surface area contributed by atoms with Crippen molar-refractivity contribution < 1.29 is 33.5 Å². The van der Waals surface area contributed by atoms with E-state index in [4.69, 9.17) is 4.74 Å². The highest BCUT2D eigenvalue weighted by Gasteiger charge is 2.70. The van der Waals surface area contributed by atoms with Gasteiger partial charge < -0.3 is 36.2 Å². The highest BCUT2D eigenvalue weighted by molar-refractivity contribution is 6.38. The number of alkyl carbamates (subject to hydrolysis) is 1. The Morgan fingerprint density at radius 3 is 2.14 bits per heavy atom. The summed E-state index contributed by atoms with van der Waals surface area (Å²) in [6.07, 6.45) is 6.35. The van der Waals surface area contributed by atoms with Gasteiger partial charge in [0, 0.05) is 19.1 Å². The number of carbonyl (C=O) groups is 6. The van der Waals surface area contributed by atoms with E-state index >= 15 is 0 Å². The quantitative estimate of drug-likeness (QED) is 0.174. The Kier molecular flexibility index (Phi) is 12.0. The molecule has 276 valence electrons.